The van der Waals surface area contributed by atoms with Crippen LogP contribution in [-0.2, 0) is 0 Å². The van der Waals surface area contributed by atoms with Crippen LogP contribution in [0.25, 0.3) is 38.3 Å². The lowest BCUT2D eigenvalue weighted by Crippen LogP contribution is -1.89. The molecule has 138 valence electrons. The van der Waals surface area contributed by atoms with Gasteiger partial charge in [0.1, 0.15) is 11.5 Å². The number of hydrogen-bond donors (Lipinski definition) is 0. The summed E-state index contributed by atoms with van der Waals surface area (Å²) in [6.45, 7) is 5.47. The van der Waals surface area contributed by atoms with Crippen LogP contribution in [0, 0.1) is 0 Å². The number of fused-ring (bicyclic) bond motifs is 3. The quantitative estimate of drug-likeness (QED) is 0.259. The van der Waals surface area contributed by atoms with Crippen molar-refractivity contribution in [1.29, 1.82) is 0 Å². The van der Waals surface area contributed by atoms with Crippen molar-refractivity contribution in [2.45, 2.75) is 13.8 Å². The predicted molar refractivity (Wildman–Crippen MR) is 124 cm³/mol. The molecule has 27 heavy (non-hydrogen) atoms. The van der Waals surface area contributed by atoms with Crippen molar-refractivity contribution in [3.05, 3.63) is 35.0 Å². The van der Waals surface area contributed by atoms with Gasteiger partial charge in [0.15, 0.2) is 0 Å². The lowest BCUT2D eigenvalue weighted by atomic mass is 10.3. The zero-order valence-electron chi connectivity index (χ0n) is 14.7. The van der Waals surface area contributed by atoms with Gasteiger partial charge in [-0.1, -0.05) is 0 Å². The van der Waals surface area contributed by atoms with Gasteiger partial charge in [-0.2, -0.15) is 0 Å². The Hall–Kier alpha value is -1.38. The lowest BCUT2D eigenvalue weighted by Gasteiger charge is -2.01. The van der Waals surface area contributed by atoms with Gasteiger partial charge in [0.25, 0.3) is 0 Å². The maximum atomic E-state index is 5.79. The summed E-state index contributed by atoms with van der Waals surface area (Å²) in [6, 6.07) is 8.80. The standard InChI is InChI=1S/C20H16O2S5/c1-3-21-12-5-7-23-18(12)14-9-11-17-15(27-20(11)26-14)10-16(25-17)19-13(22-4-2)6-8-24-19/h5-10H,3-4H2,1-2H3. The average molecular weight is 449 g/mol. The first-order valence-electron chi connectivity index (χ1n) is 8.65. The molecule has 5 rings (SSSR count). The van der Waals surface area contributed by atoms with Gasteiger partial charge in [0, 0.05) is 10.1 Å². The molecule has 0 aliphatic carbocycles. The Kier molecular flexibility index (Phi) is 4.73. The molecule has 0 spiro atoms. The fraction of sp³-hybridized carbons (Fsp3) is 0.200. The van der Waals surface area contributed by atoms with Gasteiger partial charge in [-0.15, -0.1) is 56.7 Å². The van der Waals surface area contributed by atoms with Gasteiger partial charge in [0.05, 0.1) is 41.4 Å². The molecular weight excluding hydrogens is 433 g/mol. The number of thiophene rings is 5. The van der Waals surface area contributed by atoms with Crippen molar-refractivity contribution in [3.63, 3.8) is 0 Å². The van der Waals surface area contributed by atoms with E-state index in [0.717, 1.165) is 11.5 Å². The van der Waals surface area contributed by atoms with Gasteiger partial charge in [0.2, 0.25) is 0 Å². The molecule has 0 amide bonds. The van der Waals surface area contributed by atoms with E-state index in [1.165, 1.54) is 38.3 Å². The second kappa shape index (κ2) is 7.22. The van der Waals surface area contributed by atoms with Crippen LogP contribution in [0.3, 0.4) is 0 Å². The van der Waals surface area contributed by atoms with E-state index >= 15 is 0 Å². The lowest BCUT2D eigenvalue weighted by molar-refractivity contribution is 0.343. The minimum Gasteiger partial charge on any atom is -0.492 e. The monoisotopic (exact) mass is 448 g/mol. The second-order valence-corrected chi connectivity index (χ2v) is 11.1. The Balaban J connectivity index is 1.59. The molecule has 0 atom stereocenters. The molecule has 0 unspecified atom stereocenters. The molecule has 0 N–H and O–H groups in total. The van der Waals surface area contributed by atoms with Crippen molar-refractivity contribution >= 4 is 75.5 Å². The summed E-state index contributed by atoms with van der Waals surface area (Å²) >= 11 is 9.15. The van der Waals surface area contributed by atoms with Crippen molar-refractivity contribution in [2.75, 3.05) is 13.2 Å². The molecule has 0 bridgehead atoms. The van der Waals surface area contributed by atoms with Gasteiger partial charge in [-0.25, -0.2) is 0 Å². The van der Waals surface area contributed by atoms with E-state index in [0.29, 0.717) is 13.2 Å². The van der Waals surface area contributed by atoms with E-state index in [2.05, 4.69) is 35.0 Å². The summed E-state index contributed by atoms with van der Waals surface area (Å²) in [5.74, 6) is 2.00. The van der Waals surface area contributed by atoms with E-state index < -0.39 is 0 Å². The molecule has 0 saturated carbocycles. The number of rotatable bonds is 6. The Morgan fingerprint density at radius 3 is 2.04 bits per heavy atom. The highest BCUT2D eigenvalue weighted by molar-refractivity contribution is 7.46. The molecular formula is C20H16O2S5. The molecule has 0 radical (unpaired) electrons. The zero-order chi connectivity index (χ0) is 18.4. The second-order valence-electron chi connectivity index (χ2n) is 5.81. The van der Waals surface area contributed by atoms with Crippen LogP contribution in [-0.4, -0.2) is 13.2 Å². The average Bonchev–Trinajstić information content (AvgIpc) is 3.41. The van der Waals surface area contributed by atoms with Crippen LogP contribution in [0.5, 0.6) is 11.5 Å². The SMILES string of the molecule is CCOc1ccsc1-c1cc2c(s1)sc1cc(-c3sccc3OCC)sc12. The molecule has 5 aromatic rings. The molecule has 0 fully saturated rings. The maximum absolute atomic E-state index is 5.79. The van der Waals surface area contributed by atoms with Crippen LogP contribution < -0.4 is 9.47 Å². The first-order valence-corrected chi connectivity index (χ1v) is 12.9. The maximum Gasteiger partial charge on any atom is 0.138 e. The zero-order valence-corrected chi connectivity index (χ0v) is 18.8. The van der Waals surface area contributed by atoms with Gasteiger partial charge in [-0.05, 0) is 48.9 Å². The van der Waals surface area contributed by atoms with Crippen molar-refractivity contribution in [2.24, 2.45) is 0 Å². The Morgan fingerprint density at radius 1 is 0.778 bits per heavy atom. The van der Waals surface area contributed by atoms with E-state index in [1.807, 2.05) is 47.9 Å². The van der Waals surface area contributed by atoms with Gasteiger partial charge in [-0.3, -0.25) is 0 Å². The summed E-state index contributed by atoms with van der Waals surface area (Å²) in [6.07, 6.45) is 0. The number of ether oxygens (including phenoxy) is 2. The van der Waals surface area contributed by atoms with E-state index in [-0.39, 0.29) is 0 Å². The predicted octanol–water partition coefficient (Wildman–Crippen LogP) is 8.43. The molecule has 0 aliphatic heterocycles. The van der Waals surface area contributed by atoms with Crippen molar-refractivity contribution in [1.82, 2.24) is 0 Å². The fourth-order valence-corrected chi connectivity index (χ4v) is 8.96. The molecule has 5 aromatic heterocycles. The third-order valence-corrected chi connectivity index (χ3v) is 9.97. The van der Waals surface area contributed by atoms with Crippen LogP contribution in [0.1, 0.15) is 13.8 Å². The van der Waals surface area contributed by atoms with Crippen molar-refractivity contribution < 1.29 is 9.47 Å². The molecule has 2 nitrogen and oxygen atoms in total. The Bertz CT molecular complexity index is 1120. The fourth-order valence-electron chi connectivity index (χ4n) is 3.06. The van der Waals surface area contributed by atoms with E-state index in [9.17, 15) is 0 Å². The summed E-state index contributed by atoms with van der Waals surface area (Å²) in [5, 5.41) is 5.59. The minimum atomic E-state index is 0.699. The van der Waals surface area contributed by atoms with Gasteiger partial charge >= 0.3 is 0 Å². The summed E-state index contributed by atoms with van der Waals surface area (Å²) < 4.78 is 15.7. The molecule has 0 aromatic carbocycles. The largest absolute Gasteiger partial charge is 0.492 e. The van der Waals surface area contributed by atoms with Crippen LogP contribution in [0.15, 0.2) is 35.0 Å². The van der Waals surface area contributed by atoms with Crippen molar-refractivity contribution in [3.8, 4) is 31.0 Å². The first-order chi connectivity index (χ1) is 13.3. The summed E-state index contributed by atoms with van der Waals surface area (Å²) in [5.41, 5.74) is 0. The van der Waals surface area contributed by atoms with Crippen LogP contribution >= 0.6 is 56.7 Å². The molecule has 5 heterocycles. The highest BCUT2D eigenvalue weighted by atomic mass is 32.2. The van der Waals surface area contributed by atoms with E-state index in [4.69, 9.17) is 9.47 Å². The van der Waals surface area contributed by atoms with Gasteiger partial charge < -0.3 is 9.47 Å². The first kappa shape index (κ1) is 17.7. The normalized spacial score (nSPS) is 11.6. The topological polar surface area (TPSA) is 18.5 Å². The molecule has 0 aliphatic rings. The molecule has 0 saturated heterocycles. The smallest absolute Gasteiger partial charge is 0.138 e. The summed E-state index contributed by atoms with van der Waals surface area (Å²) in [7, 11) is 0. The summed E-state index contributed by atoms with van der Waals surface area (Å²) in [4.78, 5) is 5.09. The third kappa shape index (κ3) is 3.02. The minimum absolute atomic E-state index is 0.699. The third-order valence-electron chi connectivity index (χ3n) is 4.15. The Morgan fingerprint density at radius 2 is 1.41 bits per heavy atom. The van der Waals surface area contributed by atoms with Crippen LogP contribution in [0.2, 0.25) is 0 Å². The van der Waals surface area contributed by atoms with E-state index in [1.54, 1.807) is 22.7 Å². The highest BCUT2D eigenvalue weighted by Gasteiger charge is 2.18. The highest BCUT2D eigenvalue weighted by Crippen LogP contribution is 2.51. The Labute approximate surface area is 177 Å². The molecule has 7 heteroatoms. The van der Waals surface area contributed by atoms with Crippen LogP contribution in [0.4, 0.5) is 0 Å². The number of hydrogen-bond acceptors (Lipinski definition) is 7.